The molecule has 1 aliphatic rings. The second kappa shape index (κ2) is 9.03. The van der Waals surface area contributed by atoms with Crippen LogP contribution < -0.4 is 0 Å². The summed E-state index contributed by atoms with van der Waals surface area (Å²) in [7, 11) is 0. The molecule has 2 nitrogen and oxygen atoms in total. The molecule has 2 aromatic rings. The van der Waals surface area contributed by atoms with E-state index in [-0.39, 0.29) is 11.3 Å². The number of aryl methyl sites for hydroxylation is 1. The van der Waals surface area contributed by atoms with Gasteiger partial charge in [-0.3, -0.25) is 4.79 Å². The first kappa shape index (κ1) is 20.8. The molecule has 28 heavy (non-hydrogen) atoms. The maximum Gasteiger partial charge on any atom is 0.416 e. The van der Waals surface area contributed by atoms with Crippen molar-refractivity contribution < 1.29 is 18.0 Å². The van der Waals surface area contributed by atoms with Gasteiger partial charge in [0, 0.05) is 17.9 Å². The smallest absolute Gasteiger partial charge is 0.322 e. The van der Waals surface area contributed by atoms with Crippen molar-refractivity contribution in [2.75, 3.05) is 12.3 Å². The quantitative estimate of drug-likeness (QED) is 0.522. The monoisotopic (exact) mass is 407 g/mol. The fourth-order valence-electron chi connectivity index (χ4n) is 3.38. The number of amides is 1. The lowest BCUT2D eigenvalue weighted by atomic mass is 10.0. The summed E-state index contributed by atoms with van der Waals surface area (Å²) in [6.45, 7) is 2.69. The summed E-state index contributed by atoms with van der Waals surface area (Å²) in [6.07, 6.45) is 0.0884. The number of nitrogens with zero attached hydrogens (tertiary/aromatic N) is 1. The van der Waals surface area contributed by atoms with Gasteiger partial charge >= 0.3 is 6.18 Å². The molecule has 1 amide bonds. The first-order valence-electron chi connectivity index (χ1n) is 9.59. The Balaban J connectivity index is 1.74. The predicted molar refractivity (Wildman–Crippen MR) is 107 cm³/mol. The molecule has 1 unspecified atom stereocenters. The minimum absolute atomic E-state index is 0.132. The van der Waals surface area contributed by atoms with Gasteiger partial charge in [-0.2, -0.15) is 13.2 Å². The van der Waals surface area contributed by atoms with Gasteiger partial charge in [0.2, 0.25) is 0 Å². The van der Waals surface area contributed by atoms with Crippen molar-refractivity contribution in [3.8, 4) is 0 Å². The number of halogens is 3. The topological polar surface area (TPSA) is 20.3 Å². The zero-order chi connectivity index (χ0) is 20.1. The van der Waals surface area contributed by atoms with Crippen LogP contribution in [0, 0.1) is 0 Å². The molecule has 0 aliphatic carbocycles. The van der Waals surface area contributed by atoms with Gasteiger partial charge in [-0.25, -0.2) is 0 Å². The molecule has 1 heterocycles. The number of hydrogen-bond donors (Lipinski definition) is 0. The highest BCUT2D eigenvalue weighted by Gasteiger charge is 2.34. The molecule has 1 atom stereocenters. The zero-order valence-corrected chi connectivity index (χ0v) is 16.7. The van der Waals surface area contributed by atoms with Crippen molar-refractivity contribution in [3.63, 3.8) is 0 Å². The summed E-state index contributed by atoms with van der Waals surface area (Å²) >= 11 is 1.50. The molecule has 0 saturated carbocycles. The van der Waals surface area contributed by atoms with Gasteiger partial charge in [0.1, 0.15) is 5.37 Å². The van der Waals surface area contributed by atoms with Crippen LogP contribution in [0.2, 0.25) is 0 Å². The van der Waals surface area contributed by atoms with Crippen LogP contribution in [0.3, 0.4) is 0 Å². The fraction of sp³-hybridized carbons (Fsp3) is 0.409. The van der Waals surface area contributed by atoms with E-state index in [2.05, 4.69) is 6.92 Å². The number of alkyl halides is 3. The molecule has 1 aliphatic heterocycles. The van der Waals surface area contributed by atoms with Crippen LogP contribution in [0.5, 0.6) is 0 Å². The van der Waals surface area contributed by atoms with Crippen molar-refractivity contribution in [3.05, 3.63) is 70.8 Å². The molecule has 0 bridgehead atoms. The SMILES string of the molecule is CCCCCc1ccc(C(=O)N2CCSC2c2cccc(C(F)(F)F)c2)cc1. The highest BCUT2D eigenvalue weighted by molar-refractivity contribution is 7.99. The Hall–Kier alpha value is -1.95. The van der Waals surface area contributed by atoms with Gasteiger partial charge in [0.25, 0.3) is 5.91 Å². The van der Waals surface area contributed by atoms with Crippen molar-refractivity contribution in [2.45, 2.75) is 44.2 Å². The van der Waals surface area contributed by atoms with E-state index >= 15 is 0 Å². The Bertz CT molecular complexity index is 804. The van der Waals surface area contributed by atoms with Crippen molar-refractivity contribution in [1.29, 1.82) is 0 Å². The number of carbonyl (C=O) groups is 1. The maximum atomic E-state index is 13.0. The maximum absolute atomic E-state index is 13.0. The lowest BCUT2D eigenvalue weighted by molar-refractivity contribution is -0.137. The van der Waals surface area contributed by atoms with Crippen molar-refractivity contribution >= 4 is 17.7 Å². The normalized spacial score (nSPS) is 17.1. The lowest BCUT2D eigenvalue weighted by Gasteiger charge is -2.25. The van der Waals surface area contributed by atoms with Gasteiger partial charge in [0.15, 0.2) is 0 Å². The van der Waals surface area contributed by atoms with E-state index in [0.717, 1.165) is 25.0 Å². The molecule has 0 N–H and O–H groups in total. The van der Waals surface area contributed by atoms with E-state index in [1.165, 1.54) is 36.2 Å². The minimum atomic E-state index is -4.39. The molecule has 3 rings (SSSR count). The zero-order valence-electron chi connectivity index (χ0n) is 15.8. The molecule has 150 valence electrons. The Morgan fingerprint density at radius 1 is 1.14 bits per heavy atom. The fourth-order valence-corrected chi connectivity index (χ4v) is 4.63. The van der Waals surface area contributed by atoms with E-state index in [9.17, 15) is 18.0 Å². The molecule has 2 aromatic carbocycles. The Morgan fingerprint density at radius 3 is 2.57 bits per heavy atom. The minimum Gasteiger partial charge on any atom is -0.322 e. The third-order valence-corrected chi connectivity index (χ3v) is 6.18. The van der Waals surface area contributed by atoms with Gasteiger partial charge in [-0.05, 0) is 48.2 Å². The van der Waals surface area contributed by atoms with Gasteiger partial charge in [0.05, 0.1) is 5.56 Å². The van der Waals surface area contributed by atoms with E-state index in [1.54, 1.807) is 11.0 Å². The van der Waals surface area contributed by atoms with Crippen LogP contribution in [0.1, 0.15) is 58.6 Å². The van der Waals surface area contributed by atoms with Crippen LogP contribution in [0.4, 0.5) is 13.2 Å². The number of thioether (sulfide) groups is 1. The van der Waals surface area contributed by atoms with Crippen LogP contribution in [0.25, 0.3) is 0 Å². The number of benzene rings is 2. The van der Waals surface area contributed by atoms with Crippen LogP contribution in [-0.2, 0) is 12.6 Å². The van der Waals surface area contributed by atoms with Crippen LogP contribution in [0.15, 0.2) is 48.5 Å². The number of hydrogen-bond acceptors (Lipinski definition) is 2. The predicted octanol–water partition coefficient (Wildman–Crippen LogP) is 6.33. The average Bonchev–Trinajstić information content (AvgIpc) is 3.17. The number of unbranched alkanes of at least 4 members (excludes halogenated alkanes) is 2. The van der Waals surface area contributed by atoms with Crippen LogP contribution >= 0.6 is 11.8 Å². The van der Waals surface area contributed by atoms with Gasteiger partial charge < -0.3 is 4.90 Å². The van der Waals surface area contributed by atoms with E-state index in [1.807, 2.05) is 24.3 Å². The Labute approximate surface area is 168 Å². The third kappa shape index (κ3) is 4.90. The lowest BCUT2D eigenvalue weighted by Crippen LogP contribution is -2.30. The second-order valence-corrected chi connectivity index (χ2v) is 8.19. The largest absolute Gasteiger partial charge is 0.416 e. The summed E-state index contributed by atoms with van der Waals surface area (Å²) in [5.74, 6) is 0.578. The van der Waals surface area contributed by atoms with Crippen molar-refractivity contribution in [1.82, 2.24) is 4.90 Å². The summed E-state index contributed by atoms with van der Waals surface area (Å²) in [6, 6.07) is 12.9. The molecule has 0 radical (unpaired) electrons. The standard InChI is InChI=1S/C22H24F3NOS/c1-2-3-4-6-16-9-11-17(12-10-16)20(27)26-13-14-28-21(26)18-7-5-8-19(15-18)22(23,24)25/h5,7-12,15,21H,2-4,6,13-14H2,1H3. The first-order valence-corrected chi connectivity index (χ1v) is 10.6. The first-order chi connectivity index (χ1) is 13.4. The molecular formula is C22H24F3NOS. The highest BCUT2D eigenvalue weighted by Crippen LogP contribution is 2.40. The van der Waals surface area contributed by atoms with E-state index < -0.39 is 11.7 Å². The van der Waals surface area contributed by atoms with E-state index in [4.69, 9.17) is 0 Å². The Kier molecular flexibility index (Phi) is 6.70. The number of rotatable bonds is 6. The van der Waals surface area contributed by atoms with Gasteiger partial charge in [-0.1, -0.05) is 44.0 Å². The molecule has 0 aromatic heterocycles. The summed E-state index contributed by atoms with van der Waals surface area (Å²) in [5.41, 5.74) is 1.62. The third-order valence-electron chi connectivity index (χ3n) is 4.92. The van der Waals surface area contributed by atoms with Crippen LogP contribution in [-0.4, -0.2) is 23.1 Å². The van der Waals surface area contributed by atoms with Gasteiger partial charge in [-0.15, -0.1) is 11.8 Å². The van der Waals surface area contributed by atoms with E-state index in [0.29, 0.717) is 23.4 Å². The average molecular weight is 408 g/mol. The summed E-state index contributed by atoms with van der Waals surface area (Å²) < 4.78 is 39.1. The summed E-state index contributed by atoms with van der Waals surface area (Å²) in [5, 5.41) is -0.390. The highest BCUT2D eigenvalue weighted by atomic mass is 32.2. The second-order valence-electron chi connectivity index (χ2n) is 7.00. The molecule has 1 saturated heterocycles. The molecular weight excluding hydrogens is 383 g/mol. The summed E-state index contributed by atoms with van der Waals surface area (Å²) in [4.78, 5) is 14.6. The molecule has 1 fully saturated rings. The molecule has 0 spiro atoms. The Morgan fingerprint density at radius 2 is 1.89 bits per heavy atom. The number of carbonyl (C=O) groups excluding carboxylic acids is 1. The van der Waals surface area contributed by atoms with Crippen molar-refractivity contribution in [2.24, 2.45) is 0 Å². The molecule has 6 heteroatoms.